The van der Waals surface area contributed by atoms with Crippen LogP contribution in [0.15, 0.2) is 54.6 Å². The van der Waals surface area contributed by atoms with Gasteiger partial charge in [0.2, 0.25) is 5.91 Å². The summed E-state index contributed by atoms with van der Waals surface area (Å²) in [7, 11) is 0. The summed E-state index contributed by atoms with van der Waals surface area (Å²) in [5.74, 6) is -1.07. The molecule has 4 rings (SSSR count). The molecule has 2 N–H and O–H groups in total. The molecule has 7 nitrogen and oxygen atoms in total. The van der Waals surface area contributed by atoms with Gasteiger partial charge in [-0.25, -0.2) is 4.79 Å². The lowest BCUT2D eigenvalue weighted by Gasteiger charge is -2.36. The van der Waals surface area contributed by atoms with Crippen molar-refractivity contribution in [3.63, 3.8) is 0 Å². The quantitative estimate of drug-likeness (QED) is 0.574. The highest BCUT2D eigenvalue weighted by Gasteiger charge is 2.55. The molecule has 160 valence electrons. The molecule has 0 bridgehead atoms. The van der Waals surface area contributed by atoms with Gasteiger partial charge in [-0.3, -0.25) is 19.3 Å². The summed E-state index contributed by atoms with van der Waals surface area (Å²) in [6.45, 7) is 1.57. The van der Waals surface area contributed by atoms with E-state index in [4.69, 9.17) is 0 Å². The summed E-state index contributed by atoms with van der Waals surface area (Å²) in [6.07, 6.45) is 3.34. The number of imide groups is 1. The number of nitrogens with one attached hydrogen (secondary N) is 2. The number of ketones is 1. The van der Waals surface area contributed by atoms with Gasteiger partial charge in [0.15, 0.2) is 5.78 Å². The van der Waals surface area contributed by atoms with E-state index in [0.29, 0.717) is 23.2 Å². The number of urea groups is 1. The van der Waals surface area contributed by atoms with Crippen LogP contribution in [0.5, 0.6) is 0 Å². The number of carbonyl (C=O) groups excluding carboxylic acids is 4. The topological polar surface area (TPSA) is 95.6 Å². The number of anilines is 1. The fourth-order valence-corrected chi connectivity index (χ4v) is 4.51. The van der Waals surface area contributed by atoms with Gasteiger partial charge in [0.05, 0.1) is 5.69 Å². The number of hydrogen-bond donors (Lipinski definition) is 2. The van der Waals surface area contributed by atoms with E-state index in [0.717, 1.165) is 24.2 Å². The van der Waals surface area contributed by atoms with Crippen LogP contribution in [0.1, 0.15) is 48.5 Å². The molecule has 1 aliphatic heterocycles. The number of hydrogen-bond acceptors (Lipinski definition) is 4. The van der Waals surface area contributed by atoms with Crippen LogP contribution in [0, 0.1) is 5.92 Å². The summed E-state index contributed by atoms with van der Waals surface area (Å²) in [5.41, 5.74) is 0.286. The van der Waals surface area contributed by atoms with Crippen molar-refractivity contribution in [2.24, 2.45) is 5.92 Å². The minimum absolute atomic E-state index is 0.0231. The maximum Gasteiger partial charge on any atom is 0.325 e. The van der Waals surface area contributed by atoms with Crippen LogP contribution in [0.2, 0.25) is 0 Å². The first-order valence-electron chi connectivity index (χ1n) is 10.5. The maximum atomic E-state index is 13.1. The molecule has 0 radical (unpaired) electrons. The number of benzene rings is 2. The molecule has 7 heteroatoms. The third-order valence-corrected chi connectivity index (χ3v) is 6.28. The van der Waals surface area contributed by atoms with Crippen LogP contribution in [0.3, 0.4) is 0 Å². The molecule has 1 heterocycles. The van der Waals surface area contributed by atoms with Crippen molar-refractivity contribution in [2.75, 3.05) is 11.9 Å². The number of carbonyl (C=O) groups is 4. The molecule has 2 fully saturated rings. The van der Waals surface area contributed by atoms with Crippen LogP contribution in [0.25, 0.3) is 0 Å². The lowest BCUT2D eigenvalue weighted by molar-refractivity contribution is -0.136. The predicted octanol–water partition coefficient (Wildman–Crippen LogP) is 3.36. The second-order valence-corrected chi connectivity index (χ2v) is 8.23. The van der Waals surface area contributed by atoms with E-state index in [1.807, 2.05) is 13.0 Å². The number of para-hydroxylation sites is 1. The summed E-state index contributed by atoms with van der Waals surface area (Å²) < 4.78 is 0. The van der Waals surface area contributed by atoms with E-state index >= 15 is 0 Å². The van der Waals surface area contributed by atoms with Gasteiger partial charge in [-0.1, -0.05) is 62.2 Å². The van der Waals surface area contributed by atoms with Crippen molar-refractivity contribution in [1.29, 1.82) is 0 Å². The highest BCUT2D eigenvalue weighted by molar-refractivity contribution is 6.15. The largest absolute Gasteiger partial charge is 0.325 e. The van der Waals surface area contributed by atoms with Crippen molar-refractivity contribution in [3.05, 3.63) is 65.7 Å². The second kappa shape index (κ2) is 8.34. The molecular weight excluding hydrogens is 394 g/mol. The minimum Gasteiger partial charge on any atom is -0.324 e. The van der Waals surface area contributed by atoms with Crippen molar-refractivity contribution in [2.45, 2.75) is 38.1 Å². The Bertz CT molecular complexity index is 1040. The molecule has 2 aromatic rings. The maximum absolute atomic E-state index is 13.1. The molecule has 1 spiro atoms. The standard InChI is InChI=1S/C24H25N3O4/c1-16-9-7-8-14-24(16)22(30)27(23(31)26-24)15-20(28)25-19-13-6-5-12-18(19)21(29)17-10-3-2-4-11-17/h2-6,10-13,16H,7-9,14-15H2,1H3,(H,25,28)(H,26,31). The molecule has 4 amide bonds. The van der Waals surface area contributed by atoms with Gasteiger partial charge in [-0.15, -0.1) is 0 Å². The predicted molar refractivity (Wildman–Crippen MR) is 116 cm³/mol. The van der Waals surface area contributed by atoms with Crippen molar-refractivity contribution < 1.29 is 19.2 Å². The Morgan fingerprint density at radius 1 is 1.06 bits per heavy atom. The zero-order chi connectivity index (χ0) is 22.0. The van der Waals surface area contributed by atoms with Gasteiger partial charge in [-0.2, -0.15) is 0 Å². The number of amides is 4. The fourth-order valence-electron chi connectivity index (χ4n) is 4.51. The van der Waals surface area contributed by atoms with E-state index in [1.54, 1.807) is 48.5 Å². The van der Waals surface area contributed by atoms with Crippen molar-refractivity contribution in [1.82, 2.24) is 10.2 Å². The van der Waals surface area contributed by atoms with E-state index < -0.39 is 24.0 Å². The molecule has 1 aliphatic carbocycles. The van der Waals surface area contributed by atoms with Gasteiger partial charge < -0.3 is 10.6 Å². The lowest BCUT2D eigenvalue weighted by Crippen LogP contribution is -2.54. The fraction of sp³-hybridized carbons (Fsp3) is 0.333. The number of rotatable bonds is 5. The molecule has 31 heavy (non-hydrogen) atoms. The molecule has 2 atom stereocenters. The summed E-state index contributed by atoms with van der Waals surface area (Å²) in [6, 6.07) is 14.9. The summed E-state index contributed by atoms with van der Waals surface area (Å²) in [4.78, 5) is 52.1. The van der Waals surface area contributed by atoms with E-state index in [-0.39, 0.29) is 17.6 Å². The molecule has 1 saturated carbocycles. The lowest BCUT2D eigenvalue weighted by atomic mass is 9.73. The zero-order valence-electron chi connectivity index (χ0n) is 17.4. The third-order valence-electron chi connectivity index (χ3n) is 6.28. The monoisotopic (exact) mass is 419 g/mol. The Hall–Kier alpha value is -3.48. The summed E-state index contributed by atoms with van der Waals surface area (Å²) >= 11 is 0. The van der Waals surface area contributed by atoms with Gasteiger partial charge in [0.25, 0.3) is 5.91 Å². The van der Waals surface area contributed by atoms with Crippen molar-refractivity contribution >= 4 is 29.3 Å². The van der Waals surface area contributed by atoms with Gasteiger partial charge >= 0.3 is 6.03 Å². The molecular formula is C24H25N3O4. The van der Waals surface area contributed by atoms with E-state index in [9.17, 15) is 19.2 Å². The Morgan fingerprint density at radius 2 is 1.77 bits per heavy atom. The SMILES string of the molecule is CC1CCCCC12NC(=O)N(CC(=O)Nc1ccccc1C(=O)c1ccccc1)C2=O. The Morgan fingerprint density at radius 3 is 2.52 bits per heavy atom. The minimum atomic E-state index is -0.906. The average molecular weight is 419 g/mol. The normalized spacial score (nSPS) is 23.0. The highest BCUT2D eigenvalue weighted by Crippen LogP contribution is 2.38. The van der Waals surface area contributed by atoms with Crippen LogP contribution in [-0.2, 0) is 9.59 Å². The van der Waals surface area contributed by atoms with Gasteiger partial charge in [0.1, 0.15) is 12.1 Å². The van der Waals surface area contributed by atoms with E-state index in [1.165, 1.54) is 0 Å². The Labute approximate surface area is 180 Å². The molecule has 0 aromatic heterocycles. The smallest absolute Gasteiger partial charge is 0.324 e. The van der Waals surface area contributed by atoms with Crippen LogP contribution >= 0.6 is 0 Å². The Kier molecular flexibility index (Phi) is 5.59. The first-order valence-corrected chi connectivity index (χ1v) is 10.5. The van der Waals surface area contributed by atoms with Crippen LogP contribution < -0.4 is 10.6 Å². The van der Waals surface area contributed by atoms with Crippen LogP contribution in [0.4, 0.5) is 10.5 Å². The van der Waals surface area contributed by atoms with E-state index in [2.05, 4.69) is 10.6 Å². The molecule has 2 unspecified atom stereocenters. The van der Waals surface area contributed by atoms with Crippen LogP contribution in [-0.4, -0.2) is 40.6 Å². The molecule has 2 aliphatic rings. The second-order valence-electron chi connectivity index (χ2n) is 8.23. The molecule has 2 aromatic carbocycles. The third kappa shape index (κ3) is 3.83. The average Bonchev–Trinajstić information content (AvgIpc) is 3.01. The zero-order valence-corrected chi connectivity index (χ0v) is 17.4. The van der Waals surface area contributed by atoms with Gasteiger partial charge in [0, 0.05) is 11.1 Å². The first kappa shape index (κ1) is 20.8. The highest BCUT2D eigenvalue weighted by atomic mass is 16.2. The van der Waals surface area contributed by atoms with Gasteiger partial charge in [-0.05, 0) is 30.9 Å². The summed E-state index contributed by atoms with van der Waals surface area (Å²) in [5, 5.41) is 5.54. The Balaban J connectivity index is 1.49. The molecule has 1 saturated heterocycles. The number of nitrogens with zero attached hydrogens (tertiary/aromatic N) is 1. The van der Waals surface area contributed by atoms with Crippen molar-refractivity contribution in [3.8, 4) is 0 Å². The first-order chi connectivity index (χ1) is 14.9.